The Labute approximate surface area is 138 Å². The molecule has 2 aromatic rings. The fourth-order valence-corrected chi connectivity index (χ4v) is 3.51. The van der Waals surface area contributed by atoms with Gasteiger partial charge < -0.3 is 9.64 Å². The van der Waals surface area contributed by atoms with Crippen molar-refractivity contribution in [2.24, 2.45) is 0 Å². The second-order valence-electron chi connectivity index (χ2n) is 5.28. The van der Waals surface area contributed by atoms with Gasteiger partial charge in [0.15, 0.2) is 6.61 Å². The number of anilines is 1. The average Bonchev–Trinajstić information content (AvgIpc) is 3.03. The minimum atomic E-state index is -0.582. The lowest BCUT2D eigenvalue weighted by Crippen LogP contribution is -2.35. The van der Waals surface area contributed by atoms with E-state index < -0.39 is 5.97 Å². The zero-order valence-corrected chi connectivity index (χ0v) is 13.5. The number of esters is 1. The first kappa shape index (κ1) is 15.6. The number of carbonyl (C=O) groups is 2. The average molecular weight is 331 g/mol. The molecule has 3 rings (SSSR count). The quantitative estimate of drug-likeness (QED) is 0.875. The van der Waals surface area contributed by atoms with Gasteiger partial charge in [-0.3, -0.25) is 9.89 Å². The maximum atomic E-state index is 12.5. The normalized spacial score (nSPS) is 17.3. The van der Waals surface area contributed by atoms with Crippen molar-refractivity contribution in [3.8, 4) is 0 Å². The highest BCUT2D eigenvalue weighted by Crippen LogP contribution is 2.37. The predicted molar refractivity (Wildman–Crippen MR) is 87.6 cm³/mol. The fraction of sp³-hybridized carbons (Fsp3) is 0.312. The Kier molecular flexibility index (Phi) is 4.66. The number of aromatic nitrogens is 2. The van der Waals surface area contributed by atoms with Gasteiger partial charge in [0.1, 0.15) is 5.69 Å². The van der Waals surface area contributed by atoms with E-state index in [0.717, 1.165) is 17.0 Å². The van der Waals surface area contributed by atoms with Crippen molar-refractivity contribution in [2.75, 3.05) is 18.1 Å². The third-order valence-electron chi connectivity index (χ3n) is 3.59. The van der Waals surface area contributed by atoms with Crippen LogP contribution >= 0.6 is 11.8 Å². The van der Waals surface area contributed by atoms with E-state index in [0.29, 0.717) is 11.8 Å². The number of nitrogens with one attached hydrogen (secondary N) is 1. The maximum absolute atomic E-state index is 12.5. The highest BCUT2D eigenvalue weighted by Gasteiger charge is 2.25. The molecule has 0 bridgehead atoms. The van der Waals surface area contributed by atoms with Crippen molar-refractivity contribution in [3.05, 3.63) is 42.2 Å². The first-order chi connectivity index (χ1) is 11.1. The van der Waals surface area contributed by atoms with Gasteiger partial charge in [0.2, 0.25) is 0 Å². The zero-order chi connectivity index (χ0) is 16.2. The van der Waals surface area contributed by atoms with E-state index in [2.05, 4.69) is 17.1 Å². The summed E-state index contributed by atoms with van der Waals surface area (Å²) in [7, 11) is 0. The van der Waals surface area contributed by atoms with Crippen LogP contribution in [0.15, 0.2) is 41.4 Å². The lowest BCUT2D eigenvalue weighted by atomic mass is 10.2. The SMILES string of the molecule is C[C@@H]1CCN(C(=O)COC(=O)c2ccn[nH]2)c2ccccc2S1. The van der Waals surface area contributed by atoms with E-state index in [1.165, 1.54) is 12.3 Å². The summed E-state index contributed by atoms with van der Waals surface area (Å²) in [6.45, 7) is 2.48. The Bertz CT molecular complexity index is 702. The summed E-state index contributed by atoms with van der Waals surface area (Å²) in [6, 6.07) is 9.32. The number of fused-ring (bicyclic) bond motifs is 1. The summed E-state index contributed by atoms with van der Waals surface area (Å²) in [5.74, 6) is -0.804. The minimum Gasteiger partial charge on any atom is -0.451 e. The van der Waals surface area contributed by atoms with Gasteiger partial charge in [0.05, 0.1) is 5.69 Å². The van der Waals surface area contributed by atoms with Crippen LogP contribution in [0, 0.1) is 0 Å². The van der Waals surface area contributed by atoms with E-state index in [4.69, 9.17) is 4.74 Å². The number of para-hydroxylation sites is 1. The Morgan fingerprint density at radius 2 is 2.22 bits per heavy atom. The van der Waals surface area contributed by atoms with Crippen LogP contribution < -0.4 is 4.90 Å². The van der Waals surface area contributed by atoms with E-state index in [-0.39, 0.29) is 18.2 Å². The fourth-order valence-electron chi connectivity index (χ4n) is 2.40. The summed E-state index contributed by atoms with van der Waals surface area (Å²) in [5, 5.41) is 6.64. The van der Waals surface area contributed by atoms with Gasteiger partial charge in [-0.2, -0.15) is 5.10 Å². The Balaban J connectivity index is 1.70. The molecule has 0 spiro atoms. The maximum Gasteiger partial charge on any atom is 0.356 e. The third kappa shape index (κ3) is 3.56. The molecule has 1 aliphatic rings. The van der Waals surface area contributed by atoms with Gasteiger partial charge in [0, 0.05) is 22.9 Å². The van der Waals surface area contributed by atoms with Crippen LogP contribution in [0.1, 0.15) is 23.8 Å². The largest absolute Gasteiger partial charge is 0.451 e. The molecule has 23 heavy (non-hydrogen) atoms. The Hall–Kier alpha value is -2.28. The molecule has 120 valence electrons. The van der Waals surface area contributed by atoms with Crippen molar-refractivity contribution in [2.45, 2.75) is 23.5 Å². The smallest absolute Gasteiger partial charge is 0.356 e. The molecule has 2 heterocycles. The second-order valence-corrected chi connectivity index (χ2v) is 6.76. The molecule has 0 fully saturated rings. The van der Waals surface area contributed by atoms with Crippen LogP contribution in [0.5, 0.6) is 0 Å². The summed E-state index contributed by atoms with van der Waals surface area (Å²) >= 11 is 1.76. The number of H-pyrrole nitrogens is 1. The number of nitrogens with zero attached hydrogens (tertiary/aromatic N) is 2. The lowest BCUT2D eigenvalue weighted by Gasteiger charge is -2.22. The molecule has 0 radical (unpaired) electrons. The molecular weight excluding hydrogens is 314 g/mol. The van der Waals surface area contributed by atoms with Crippen LogP contribution in [0.25, 0.3) is 0 Å². The monoisotopic (exact) mass is 331 g/mol. The van der Waals surface area contributed by atoms with Gasteiger partial charge in [-0.1, -0.05) is 19.1 Å². The number of hydrogen-bond acceptors (Lipinski definition) is 5. The molecule has 0 aliphatic carbocycles. The molecule has 6 nitrogen and oxygen atoms in total. The minimum absolute atomic E-state index is 0.222. The van der Waals surface area contributed by atoms with Crippen LogP contribution in [-0.4, -0.2) is 40.5 Å². The highest BCUT2D eigenvalue weighted by atomic mass is 32.2. The molecule has 0 saturated carbocycles. The zero-order valence-electron chi connectivity index (χ0n) is 12.7. The van der Waals surface area contributed by atoms with E-state index >= 15 is 0 Å². The van der Waals surface area contributed by atoms with Crippen molar-refractivity contribution in [1.82, 2.24) is 10.2 Å². The van der Waals surface area contributed by atoms with Gasteiger partial charge in [-0.15, -0.1) is 11.8 Å². The summed E-state index contributed by atoms with van der Waals surface area (Å²) in [5.41, 5.74) is 1.11. The molecule has 7 heteroatoms. The number of rotatable bonds is 3. The van der Waals surface area contributed by atoms with Crippen molar-refractivity contribution in [1.29, 1.82) is 0 Å². The number of carbonyl (C=O) groups excluding carboxylic acids is 2. The molecule has 0 saturated heterocycles. The molecule has 1 aliphatic heterocycles. The first-order valence-electron chi connectivity index (χ1n) is 7.37. The van der Waals surface area contributed by atoms with E-state index in [1.807, 2.05) is 24.3 Å². The number of aromatic amines is 1. The molecule has 1 aromatic heterocycles. The van der Waals surface area contributed by atoms with E-state index in [1.54, 1.807) is 16.7 Å². The van der Waals surface area contributed by atoms with Crippen LogP contribution in [0.3, 0.4) is 0 Å². The molecular formula is C16H17N3O3S. The number of thioether (sulfide) groups is 1. The summed E-state index contributed by atoms with van der Waals surface area (Å²) in [4.78, 5) is 27.1. The number of ether oxygens (including phenoxy) is 1. The Morgan fingerprint density at radius 3 is 3.00 bits per heavy atom. The lowest BCUT2D eigenvalue weighted by molar-refractivity contribution is -0.121. The van der Waals surface area contributed by atoms with Crippen molar-refractivity contribution in [3.63, 3.8) is 0 Å². The predicted octanol–water partition coefficient (Wildman–Crippen LogP) is 2.48. The summed E-state index contributed by atoms with van der Waals surface area (Å²) < 4.78 is 5.08. The van der Waals surface area contributed by atoms with Crippen LogP contribution in [-0.2, 0) is 9.53 Å². The van der Waals surface area contributed by atoms with Gasteiger partial charge >= 0.3 is 5.97 Å². The van der Waals surface area contributed by atoms with E-state index in [9.17, 15) is 9.59 Å². The highest BCUT2D eigenvalue weighted by molar-refractivity contribution is 8.00. The third-order valence-corrected chi connectivity index (χ3v) is 4.83. The van der Waals surface area contributed by atoms with Gasteiger partial charge in [-0.05, 0) is 24.6 Å². The summed E-state index contributed by atoms with van der Waals surface area (Å²) in [6.07, 6.45) is 2.35. The standard InChI is InChI=1S/C16H17N3O3S/c1-11-7-9-19(13-4-2-3-5-14(13)23-11)15(20)10-22-16(21)12-6-8-17-18-12/h2-6,8,11H,7,9-10H2,1H3,(H,17,18)/t11-/m1/s1. The van der Waals surface area contributed by atoms with Crippen LogP contribution in [0.2, 0.25) is 0 Å². The first-order valence-corrected chi connectivity index (χ1v) is 8.25. The molecule has 1 N–H and O–H groups in total. The van der Waals surface area contributed by atoms with Gasteiger partial charge in [-0.25, -0.2) is 4.79 Å². The number of benzene rings is 1. The van der Waals surface area contributed by atoms with Gasteiger partial charge in [0.25, 0.3) is 5.91 Å². The topological polar surface area (TPSA) is 75.3 Å². The number of amides is 1. The number of hydrogen-bond donors (Lipinski definition) is 1. The Morgan fingerprint density at radius 1 is 1.39 bits per heavy atom. The molecule has 1 amide bonds. The van der Waals surface area contributed by atoms with Crippen molar-refractivity contribution < 1.29 is 14.3 Å². The van der Waals surface area contributed by atoms with Crippen molar-refractivity contribution >= 4 is 29.3 Å². The molecule has 1 aromatic carbocycles. The molecule has 1 atom stereocenters. The second kappa shape index (κ2) is 6.87. The van der Waals surface area contributed by atoms with Crippen LogP contribution in [0.4, 0.5) is 5.69 Å². The molecule has 0 unspecified atom stereocenters.